The number of nitrogens with zero attached hydrogens (tertiary/aromatic N) is 5. The number of methoxy groups -OCH3 is 1. The Labute approximate surface area is 274 Å². The number of fused-ring (bicyclic) bond motifs is 4. The highest BCUT2D eigenvalue weighted by Crippen LogP contribution is 2.47. The molecule has 1 saturated carbocycles. The highest BCUT2D eigenvalue weighted by Gasteiger charge is 2.45. The van der Waals surface area contributed by atoms with E-state index < -0.39 is 11.9 Å². The molecule has 4 aromatic rings. The molecule has 1 amide bonds. The summed E-state index contributed by atoms with van der Waals surface area (Å²) in [6.07, 6.45) is 3.37. The monoisotopic (exact) mass is 643 g/mol. The van der Waals surface area contributed by atoms with Gasteiger partial charge in [-0.2, -0.15) is 9.97 Å². The first-order valence-electron chi connectivity index (χ1n) is 16.4. The second-order valence-electron chi connectivity index (χ2n) is 13.6. The Morgan fingerprint density at radius 3 is 2.47 bits per heavy atom. The number of benzene rings is 3. The molecule has 10 nitrogen and oxygen atoms in total. The number of aromatic nitrogens is 2. The molecule has 3 aromatic carbocycles. The number of hydrogen-bond acceptors (Lipinski definition) is 8. The number of hydrogen-bond donors (Lipinski definition) is 1. The van der Waals surface area contributed by atoms with Gasteiger partial charge in [0.05, 0.1) is 18.7 Å². The van der Waals surface area contributed by atoms with Crippen LogP contribution < -0.4 is 14.4 Å². The molecule has 3 aliphatic rings. The zero-order valence-corrected chi connectivity index (χ0v) is 27.5. The molecule has 3 fully saturated rings. The number of rotatable bonds is 11. The standard InChI is InChI=1S/C36H42FN5O5/c1-5-22-15-29-32(31(37)30(22)28-16-26(47-21-45-4)14-23-8-6-7-9-27(23)28)38-34(46-20-36(12-13-36)19-40(2)3)39-33(29)41-17-24-10-11-25(18-41)42(24)35(43)44/h6-9,14-16,24-25H,5,10-13,17-21H2,1-4H3,(H,43,44). The number of amides is 1. The SMILES string of the molecule is CCc1cc2c(N3CC4CCC(C3)N4C(=O)O)nc(OCC3(CN(C)C)CC3)nc2c(F)c1-c1cc(OCOC)cc2ccccc12. The first-order valence-corrected chi connectivity index (χ1v) is 16.4. The maximum absolute atomic E-state index is 17.3. The molecule has 1 N–H and O–H groups in total. The summed E-state index contributed by atoms with van der Waals surface area (Å²) in [4.78, 5) is 27.6. The van der Waals surface area contributed by atoms with E-state index in [2.05, 4.69) is 23.9 Å². The molecule has 2 atom stereocenters. The lowest BCUT2D eigenvalue weighted by Gasteiger charge is -2.40. The Bertz CT molecular complexity index is 1820. The Morgan fingerprint density at radius 1 is 1.06 bits per heavy atom. The molecule has 2 unspecified atom stereocenters. The highest BCUT2D eigenvalue weighted by molar-refractivity contribution is 6.02. The van der Waals surface area contributed by atoms with Crippen LogP contribution in [0.3, 0.4) is 0 Å². The van der Waals surface area contributed by atoms with Crippen molar-refractivity contribution in [3.8, 4) is 22.9 Å². The van der Waals surface area contributed by atoms with Crippen molar-refractivity contribution in [3.63, 3.8) is 0 Å². The van der Waals surface area contributed by atoms with Gasteiger partial charge in [-0.1, -0.05) is 31.2 Å². The van der Waals surface area contributed by atoms with Crippen molar-refractivity contribution in [2.75, 3.05) is 59.1 Å². The van der Waals surface area contributed by atoms with Crippen molar-refractivity contribution in [1.82, 2.24) is 19.8 Å². The summed E-state index contributed by atoms with van der Waals surface area (Å²) in [5.41, 5.74) is 2.22. The largest absolute Gasteiger partial charge is 0.468 e. The van der Waals surface area contributed by atoms with Crippen LogP contribution in [0.5, 0.6) is 11.8 Å². The predicted octanol–water partition coefficient (Wildman–Crippen LogP) is 6.19. The number of aryl methyl sites for hydroxylation is 1. The van der Waals surface area contributed by atoms with E-state index in [1.807, 2.05) is 49.4 Å². The second-order valence-corrected chi connectivity index (χ2v) is 13.6. The third-order valence-corrected chi connectivity index (χ3v) is 9.92. The molecule has 2 saturated heterocycles. The van der Waals surface area contributed by atoms with Crippen LogP contribution in [0, 0.1) is 11.2 Å². The zero-order valence-electron chi connectivity index (χ0n) is 27.5. The third-order valence-electron chi connectivity index (χ3n) is 9.92. The van der Waals surface area contributed by atoms with Crippen molar-refractivity contribution >= 4 is 33.6 Å². The zero-order chi connectivity index (χ0) is 32.9. The van der Waals surface area contributed by atoms with Gasteiger partial charge in [0.25, 0.3) is 0 Å². The Balaban J connectivity index is 1.38. The van der Waals surface area contributed by atoms with Crippen molar-refractivity contribution in [1.29, 1.82) is 0 Å². The molecular weight excluding hydrogens is 601 g/mol. The van der Waals surface area contributed by atoms with Gasteiger partial charge in [0.15, 0.2) is 12.6 Å². The molecule has 2 bridgehead atoms. The molecule has 47 heavy (non-hydrogen) atoms. The van der Waals surface area contributed by atoms with Crippen molar-refractivity contribution in [2.45, 2.75) is 51.1 Å². The highest BCUT2D eigenvalue weighted by atomic mass is 19.1. The minimum Gasteiger partial charge on any atom is -0.468 e. The molecule has 3 heterocycles. The smallest absolute Gasteiger partial charge is 0.407 e. The van der Waals surface area contributed by atoms with Gasteiger partial charge in [-0.15, -0.1) is 0 Å². The second kappa shape index (κ2) is 12.4. The van der Waals surface area contributed by atoms with Crippen molar-refractivity contribution in [2.24, 2.45) is 5.41 Å². The lowest BCUT2D eigenvalue weighted by Crippen LogP contribution is -2.55. The molecular formula is C36H42FN5O5. The summed E-state index contributed by atoms with van der Waals surface area (Å²) < 4.78 is 34.6. The van der Waals surface area contributed by atoms with Crippen LogP contribution in [0.15, 0.2) is 42.5 Å². The van der Waals surface area contributed by atoms with Crippen LogP contribution in [0.2, 0.25) is 0 Å². The van der Waals surface area contributed by atoms with Gasteiger partial charge < -0.3 is 29.1 Å². The maximum atomic E-state index is 17.3. The number of carboxylic acid groups (broad SMARTS) is 1. The fourth-order valence-corrected chi connectivity index (χ4v) is 7.62. The molecule has 2 aliphatic heterocycles. The summed E-state index contributed by atoms with van der Waals surface area (Å²) in [5, 5.41) is 12.3. The molecule has 1 aliphatic carbocycles. The molecule has 11 heteroatoms. The lowest BCUT2D eigenvalue weighted by molar-refractivity contribution is 0.0512. The number of halogens is 1. The number of carbonyl (C=O) groups is 1. The van der Waals surface area contributed by atoms with Crippen molar-refractivity contribution < 1.29 is 28.5 Å². The summed E-state index contributed by atoms with van der Waals surface area (Å²) in [6, 6.07) is 13.5. The minimum atomic E-state index is -0.891. The summed E-state index contributed by atoms with van der Waals surface area (Å²) >= 11 is 0. The third kappa shape index (κ3) is 5.91. The van der Waals surface area contributed by atoms with Gasteiger partial charge in [0.1, 0.15) is 17.1 Å². The average Bonchev–Trinajstić information content (AvgIpc) is 3.76. The quantitative estimate of drug-likeness (QED) is 0.192. The number of anilines is 1. The topological polar surface area (TPSA) is 100 Å². The van der Waals surface area contributed by atoms with Gasteiger partial charge in [-0.25, -0.2) is 9.18 Å². The van der Waals surface area contributed by atoms with Crippen LogP contribution in [0.4, 0.5) is 15.0 Å². The molecule has 248 valence electrons. The fourth-order valence-electron chi connectivity index (χ4n) is 7.62. The lowest BCUT2D eigenvalue weighted by atomic mass is 9.91. The normalized spacial score (nSPS) is 20.0. The summed E-state index contributed by atoms with van der Waals surface area (Å²) in [5.74, 6) is 0.729. The van der Waals surface area contributed by atoms with Crippen LogP contribution in [0.1, 0.15) is 38.2 Å². The Kier molecular flexibility index (Phi) is 8.30. The first-order chi connectivity index (χ1) is 22.7. The number of ether oxygens (including phenoxy) is 3. The summed E-state index contributed by atoms with van der Waals surface area (Å²) in [6.45, 7) is 4.38. The summed E-state index contributed by atoms with van der Waals surface area (Å²) in [7, 11) is 5.67. The van der Waals surface area contributed by atoms with E-state index in [1.165, 1.54) is 0 Å². The van der Waals surface area contributed by atoms with E-state index in [4.69, 9.17) is 24.2 Å². The molecule has 7 rings (SSSR count). The minimum absolute atomic E-state index is 0.0333. The first kappa shape index (κ1) is 31.4. The van der Waals surface area contributed by atoms with E-state index in [0.717, 1.165) is 48.6 Å². The van der Waals surface area contributed by atoms with Gasteiger partial charge in [0.2, 0.25) is 0 Å². The van der Waals surface area contributed by atoms with E-state index in [1.54, 1.807) is 12.0 Å². The van der Waals surface area contributed by atoms with Gasteiger partial charge in [-0.3, -0.25) is 4.90 Å². The van der Waals surface area contributed by atoms with E-state index in [0.29, 0.717) is 54.2 Å². The van der Waals surface area contributed by atoms with Crippen molar-refractivity contribution in [3.05, 3.63) is 53.8 Å². The molecule has 0 radical (unpaired) electrons. The maximum Gasteiger partial charge on any atom is 0.407 e. The van der Waals surface area contributed by atoms with Gasteiger partial charge in [-0.05, 0) is 86.3 Å². The Hall–Kier alpha value is -4.22. The number of piperazine rings is 1. The van der Waals surface area contributed by atoms with E-state index in [9.17, 15) is 9.90 Å². The van der Waals surface area contributed by atoms with Crippen LogP contribution in [0.25, 0.3) is 32.8 Å². The van der Waals surface area contributed by atoms with Gasteiger partial charge in [0, 0.05) is 43.1 Å². The van der Waals surface area contributed by atoms with E-state index in [-0.39, 0.29) is 35.8 Å². The van der Waals surface area contributed by atoms with Crippen LogP contribution in [-0.4, -0.2) is 97.3 Å². The van der Waals surface area contributed by atoms with Crippen LogP contribution in [-0.2, 0) is 11.2 Å². The van der Waals surface area contributed by atoms with Gasteiger partial charge >= 0.3 is 12.1 Å². The average molecular weight is 644 g/mol. The fraction of sp³-hybridized carbons (Fsp3) is 0.472. The Morgan fingerprint density at radius 2 is 1.81 bits per heavy atom. The molecule has 1 aromatic heterocycles. The molecule has 0 spiro atoms. The van der Waals surface area contributed by atoms with Crippen LogP contribution >= 0.6 is 0 Å². The predicted molar refractivity (Wildman–Crippen MR) is 179 cm³/mol. The van der Waals surface area contributed by atoms with E-state index >= 15 is 4.39 Å².